The van der Waals surface area contributed by atoms with Gasteiger partial charge in [-0.2, -0.15) is 11.8 Å². The fraction of sp³-hybridized carbons (Fsp3) is 0.500. The van der Waals surface area contributed by atoms with Gasteiger partial charge in [-0.15, -0.1) is 0 Å². The van der Waals surface area contributed by atoms with E-state index in [0.29, 0.717) is 6.54 Å². The number of carbonyl (C=O) groups is 2. The minimum atomic E-state index is -0.549. The van der Waals surface area contributed by atoms with E-state index in [1.807, 2.05) is 49.0 Å². The summed E-state index contributed by atoms with van der Waals surface area (Å²) in [5, 5.41) is 2.85. The highest BCUT2D eigenvalue weighted by Gasteiger charge is 2.48. The first-order valence-corrected chi connectivity index (χ1v) is 8.50. The van der Waals surface area contributed by atoms with Crippen LogP contribution < -0.4 is 5.32 Å². The van der Waals surface area contributed by atoms with Crippen molar-refractivity contribution in [2.45, 2.75) is 36.6 Å². The van der Waals surface area contributed by atoms with Crippen molar-refractivity contribution < 1.29 is 9.59 Å². The molecule has 2 amide bonds. The molecule has 112 valence electrons. The summed E-state index contributed by atoms with van der Waals surface area (Å²) < 4.78 is 0.169. The maximum absolute atomic E-state index is 12.8. The molecule has 1 aliphatic heterocycles. The second kappa shape index (κ2) is 5.37. The lowest BCUT2D eigenvalue weighted by Crippen LogP contribution is -2.60. The molecule has 0 spiro atoms. The summed E-state index contributed by atoms with van der Waals surface area (Å²) >= 11 is 1.81. The average Bonchev–Trinajstić information content (AvgIpc) is 3.29. The van der Waals surface area contributed by atoms with E-state index in [0.717, 1.165) is 18.4 Å². The summed E-state index contributed by atoms with van der Waals surface area (Å²) in [7, 11) is 0. The third kappa shape index (κ3) is 2.67. The van der Waals surface area contributed by atoms with Gasteiger partial charge in [-0.05, 0) is 31.6 Å². The lowest BCUT2D eigenvalue weighted by Gasteiger charge is -2.39. The lowest BCUT2D eigenvalue weighted by molar-refractivity contribution is -0.148. The molecule has 0 aromatic heterocycles. The normalized spacial score (nSPS) is 27.4. The molecule has 4 nitrogen and oxygen atoms in total. The van der Waals surface area contributed by atoms with Gasteiger partial charge in [0.1, 0.15) is 12.1 Å². The molecule has 2 aliphatic rings. The molecule has 1 aliphatic carbocycles. The van der Waals surface area contributed by atoms with E-state index >= 15 is 0 Å². The van der Waals surface area contributed by atoms with Crippen molar-refractivity contribution >= 4 is 23.6 Å². The molecule has 1 aromatic carbocycles. The van der Waals surface area contributed by atoms with Crippen LogP contribution in [0.3, 0.4) is 0 Å². The molecule has 2 unspecified atom stereocenters. The van der Waals surface area contributed by atoms with E-state index in [9.17, 15) is 9.59 Å². The Morgan fingerprint density at radius 2 is 1.95 bits per heavy atom. The Morgan fingerprint density at radius 3 is 2.52 bits per heavy atom. The molecule has 2 fully saturated rings. The average molecular weight is 304 g/mol. The SMILES string of the molecule is CSC1(CN2C(=O)C(c3ccccc3)NC(=O)C2C)CC1. The van der Waals surface area contributed by atoms with Crippen molar-refractivity contribution in [2.24, 2.45) is 0 Å². The fourth-order valence-corrected chi connectivity index (χ4v) is 3.56. The maximum Gasteiger partial charge on any atom is 0.250 e. The molecule has 1 N–H and O–H groups in total. The van der Waals surface area contributed by atoms with Crippen LogP contribution >= 0.6 is 11.8 Å². The van der Waals surface area contributed by atoms with Crippen LogP contribution in [0.4, 0.5) is 0 Å². The lowest BCUT2D eigenvalue weighted by atomic mass is 10.0. The van der Waals surface area contributed by atoms with Crippen molar-refractivity contribution in [3.8, 4) is 0 Å². The molecule has 2 atom stereocenters. The highest BCUT2D eigenvalue weighted by Crippen LogP contribution is 2.48. The van der Waals surface area contributed by atoms with Crippen molar-refractivity contribution in [3.63, 3.8) is 0 Å². The third-order valence-corrected chi connectivity index (χ3v) is 5.90. The van der Waals surface area contributed by atoms with E-state index in [-0.39, 0.29) is 22.6 Å². The van der Waals surface area contributed by atoms with Gasteiger partial charge in [-0.25, -0.2) is 0 Å². The Balaban J connectivity index is 1.85. The van der Waals surface area contributed by atoms with E-state index in [4.69, 9.17) is 0 Å². The number of amides is 2. The quantitative estimate of drug-likeness (QED) is 0.925. The van der Waals surface area contributed by atoms with E-state index < -0.39 is 6.04 Å². The van der Waals surface area contributed by atoms with Crippen LogP contribution in [0.15, 0.2) is 30.3 Å². The van der Waals surface area contributed by atoms with Gasteiger partial charge in [0.05, 0.1) is 0 Å². The smallest absolute Gasteiger partial charge is 0.250 e. The van der Waals surface area contributed by atoms with Crippen LogP contribution in [0.5, 0.6) is 0 Å². The van der Waals surface area contributed by atoms with Gasteiger partial charge >= 0.3 is 0 Å². The molecule has 5 heteroatoms. The third-order valence-electron chi connectivity index (χ3n) is 4.50. The second-order valence-electron chi connectivity index (χ2n) is 5.88. The molecule has 0 bridgehead atoms. The van der Waals surface area contributed by atoms with E-state index in [1.165, 1.54) is 0 Å². The molecular formula is C16H20N2O2S. The Labute approximate surface area is 129 Å². The number of piperazine rings is 1. The Morgan fingerprint density at radius 1 is 1.29 bits per heavy atom. The van der Waals surface area contributed by atoms with Crippen molar-refractivity contribution in [1.82, 2.24) is 10.2 Å². The number of carbonyl (C=O) groups excluding carboxylic acids is 2. The van der Waals surface area contributed by atoms with Crippen LogP contribution in [0, 0.1) is 0 Å². The molecule has 1 aromatic rings. The van der Waals surface area contributed by atoms with Crippen LogP contribution in [0.25, 0.3) is 0 Å². The minimum Gasteiger partial charge on any atom is -0.339 e. The van der Waals surface area contributed by atoms with Crippen LogP contribution in [0.2, 0.25) is 0 Å². The Bertz CT molecular complexity index is 557. The monoisotopic (exact) mass is 304 g/mol. The van der Waals surface area contributed by atoms with Gasteiger partial charge < -0.3 is 10.2 Å². The van der Waals surface area contributed by atoms with Crippen LogP contribution in [0.1, 0.15) is 31.4 Å². The molecule has 1 heterocycles. The van der Waals surface area contributed by atoms with Crippen molar-refractivity contribution in [2.75, 3.05) is 12.8 Å². The van der Waals surface area contributed by atoms with Gasteiger partial charge in [0.25, 0.3) is 5.91 Å². The largest absolute Gasteiger partial charge is 0.339 e. The van der Waals surface area contributed by atoms with E-state index in [1.54, 1.807) is 4.90 Å². The van der Waals surface area contributed by atoms with Crippen LogP contribution in [-0.2, 0) is 9.59 Å². The predicted molar refractivity (Wildman–Crippen MR) is 84.0 cm³/mol. The number of nitrogens with zero attached hydrogens (tertiary/aromatic N) is 1. The number of hydrogen-bond donors (Lipinski definition) is 1. The molecular weight excluding hydrogens is 284 g/mol. The van der Waals surface area contributed by atoms with Gasteiger partial charge in [-0.1, -0.05) is 30.3 Å². The summed E-state index contributed by atoms with van der Waals surface area (Å²) in [6.07, 6.45) is 4.34. The fourth-order valence-electron chi connectivity index (χ4n) is 2.79. The van der Waals surface area contributed by atoms with Gasteiger partial charge in [0.2, 0.25) is 5.91 Å². The van der Waals surface area contributed by atoms with Crippen molar-refractivity contribution in [3.05, 3.63) is 35.9 Å². The van der Waals surface area contributed by atoms with E-state index in [2.05, 4.69) is 11.6 Å². The molecule has 21 heavy (non-hydrogen) atoms. The number of thioether (sulfide) groups is 1. The maximum atomic E-state index is 12.8. The summed E-state index contributed by atoms with van der Waals surface area (Å²) in [6, 6.07) is 8.53. The topological polar surface area (TPSA) is 49.4 Å². The predicted octanol–water partition coefficient (Wildman–Crippen LogP) is 1.97. The zero-order valence-electron chi connectivity index (χ0n) is 12.3. The summed E-state index contributed by atoms with van der Waals surface area (Å²) in [6.45, 7) is 2.48. The number of hydrogen-bond acceptors (Lipinski definition) is 3. The zero-order valence-corrected chi connectivity index (χ0v) is 13.2. The first-order chi connectivity index (χ1) is 10.1. The number of rotatable bonds is 4. The molecule has 1 saturated carbocycles. The summed E-state index contributed by atoms with van der Waals surface area (Å²) in [5.41, 5.74) is 0.849. The highest BCUT2D eigenvalue weighted by molar-refractivity contribution is 8.00. The first kappa shape index (κ1) is 14.4. The van der Waals surface area contributed by atoms with Crippen molar-refractivity contribution in [1.29, 1.82) is 0 Å². The number of nitrogens with one attached hydrogen (secondary N) is 1. The molecule has 1 saturated heterocycles. The highest BCUT2D eigenvalue weighted by atomic mass is 32.2. The minimum absolute atomic E-state index is 0.00799. The summed E-state index contributed by atoms with van der Waals surface area (Å²) in [4.78, 5) is 26.8. The standard InChI is InChI=1S/C16H20N2O2S/c1-11-14(19)17-13(12-6-4-3-5-7-12)15(20)18(11)10-16(21-2)8-9-16/h3-7,11,13H,8-10H2,1-2H3,(H,17,19). The Kier molecular flexibility index (Phi) is 3.69. The van der Waals surface area contributed by atoms with Crippen LogP contribution in [-0.4, -0.2) is 40.3 Å². The Hall–Kier alpha value is -1.49. The van der Waals surface area contributed by atoms with Gasteiger partial charge in [-0.3, -0.25) is 9.59 Å². The first-order valence-electron chi connectivity index (χ1n) is 7.27. The molecule has 3 rings (SSSR count). The summed E-state index contributed by atoms with van der Waals surface area (Å²) in [5.74, 6) is -0.0611. The number of benzene rings is 1. The second-order valence-corrected chi connectivity index (χ2v) is 7.16. The van der Waals surface area contributed by atoms with Gasteiger partial charge in [0.15, 0.2) is 0 Å². The zero-order chi connectivity index (χ0) is 15.0. The molecule has 0 radical (unpaired) electrons. The van der Waals surface area contributed by atoms with Gasteiger partial charge in [0, 0.05) is 11.3 Å².